The molecule has 0 aliphatic carbocycles. The lowest BCUT2D eigenvalue weighted by atomic mass is 10.2. The van der Waals surface area contributed by atoms with Crippen molar-refractivity contribution in [2.45, 2.75) is 6.92 Å². The van der Waals surface area contributed by atoms with Gasteiger partial charge in [-0.1, -0.05) is 41.9 Å². The topological polar surface area (TPSA) is 64.6 Å². The summed E-state index contributed by atoms with van der Waals surface area (Å²) >= 11 is 5.93. The van der Waals surface area contributed by atoms with E-state index in [0.29, 0.717) is 27.8 Å². The van der Waals surface area contributed by atoms with Crippen LogP contribution in [0.1, 0.15) is 15.9 Å². The largest absolute Gasteiger partial charge is 0.457 e. The molecule has 0 radical (unpaired) electrons. The molecule has 28 heavy (non-hydrogen) atoms. The Morgan fingerprint density at radius 2 is 1.68 bits per heavy atom. The molecule has 0 unspecified atom stereocenters. The van der Waals surface area contributed by atoms with Crippen LogP contribution in [0, 0.1) is 6.92 Å². The molecule has 0 saturated heterocycles. The van der Waals surface area contributed by atoms with Crippen molar-refractivity contribution in [1.29, 1.82) is 0 Å². The Morgan fingerprint density at radius 3 is 2.46 bits per heavy atom. The minimum atomic E-state index is -0.614. The molecule has 5 nitrogen and oxygen atoms in total. The molecular weight excluding hydrogens is 378 g/mol. The molecule has 6 heteroatoms. The third kappa shape index (κ3) is 5.34. The van der Waals surface area contributed by atoms with Crippen molar-refractivity contribution >= 4 is 29.2 Å². The minimum Gasteiger partial charge on any atom is -0.457 e. The molecule has 3 aromatic rings. The van der Waals surface area contributed by atoms with Gasteiger partial charge in [0.15, 0.2) is 6.61 Å². The number of ether oxygens (including phenoxy) is 2. The van der Waals surface area contributed by atoms with Crippen LogP contribution >= 0.6 is 11.6 Å². The lowest BCUT2D eigenvalue weighted by Crippen LogP contribution is -2.21. The Morgan fingerprint density at radius 1 is 0.929 bits per heavy atom. The van der Waals surface area contributed by atoms with E-state index in [9.17, 15) is 9.59 Å². The second-order valence-electron chi connectivity index (χ2n) is 6.03. The number of carbonyl (C=O) groups excluding carboxylic acids is 2. The van der Waals surface area contributed by atoms with Crippen molar-refractivity contribution in [1.82, 2.24) is 0 Å². The third-order valence-electron chi connectivity index (χ3n) is 3.86. The van der Waals surface area contributed by atoms with Gasteiger partial charge in [0.05, 0.1) is 5.56 Å². The van der Waals surface area contributed by atoms with Gasteiger partial charge in [0.2, 0.25) is 0 Å². The number of anilines is 1. The summed E-state index contributed by atoms with van der Waals surface area (Å²) in [4.78, 5) is 24.3. The smallest absolute Gasteiger partial charge is 0.338 e. The van der Waals surface area contributed by atoms with Gasteiger partial charge < -0.3 is 14.8 Å². The fourth-order valence-corrected chi connectivity index (χ4v) is 2.61. The number of carbonyl (C=O) groups is 2. The van der Waals surface area contributed by atoms with Crippen molar-refractivity contribution in [3.63, 3.8) is 0 Å². The highest BCUT2D eigenvalue weighted by atomic mass is 35.5. The summed E-state index contributed by atoms with van der Waals surface area (Å²) in [6.07, 6.45) is 0. The molecule has 0 fully saturated rings. The first-order valence-electron chi connectivity index (χ1n) is 8.57. The fraction of sp³-hybridized carbons (Fsp3) is 0.0909. The van der Waals surface area contributed by atoms with Crippen LogP contribution < -0.4 is 10.1 Å². The molecule has 0 aliphatic rings. The number of para-hydroxylation sites is 1. The normalized spacial score (nSPS) is 10.2. The number of esters is 1. The molecule has 0 heterocycles. The van der Waals surface area contributed by atoms with Gasteiger partial charge >= 0.3 is 5.97 Å². The van der Waals surface area contributed by atoms with Gasteiger partial charge in [-0.25, -0.2) is 4.79 Å². The fourth-order valence-electron chi connectivity index (χ4n) is 2.44. The Labute approximate surface area is 167 Å². The van der Waals surface area contributed by atoms with Crippen LogP contribution in [0.3, 0.4) is 0 Å². The maximum Gasteiger partial charge on any atom is 0.338 e. The summed E-state index contributed by atoms with van der Waals surface area (Å²) in [5.41, 5.74) is 1.72. The van der Waals surface area contributed by atoms with Crippen LogP contribution in [-0.4, -0.2) is 18.5 Å². The number of rotatable bonds is 6. The first-order valence-corrected chi connectivity index (χ1v) is 8.95. The highest BCUT2D eigenvalue weighted by Crippen LogP contribution is 2.22. The zero-order chi connectivity index (χ0) is 19.9. The van der Waals surface area contributed by atoms with Crippen LogP contribution in [0.5, 0.6) is 11.5 Å². The number of halogens is 1. The van der Waals surface area contributed by atoms with Gasteiger partial charge in [0.1, 0.15) is 11.5 Å². The standard InChI is InChI=1S/C22H18ClNO4/c1-15-10-11-17(23)13-20(15)24-21(25)14-27-22(26)16-6-5-9-19(12-16)28-18-7-3-2-4-8-18/h2-13H,14H2,1H3,(H,24,25). The summed E-state index contributed by atoms with van der Waals surface area (Å²) in [7, 11) is 0. The average molecular weight is 396 g/mol. The van der Waals surface area contributed by atoms with Gasteiger partial charge in [-0.3, -0.25) is 4.79 Å². The highest BCUT2D eigenvalue weighted by molar-refractivity contribution is 6.31. The van der Waals surface area contributed by atoms with Gasteiger partial charge in [-0.2, -0.15) is 0 Å². The summed E-state index contributed by atoms with van der Waals surface area (Å²) in [6, 6.07) is 21.0. The zero-order valence-corrected chi connectivity index (χ0v) is 15.9. The molecule has 0 aliphatic heterocycles. The minimum absolute atomic E-state index is 0.292. The summed E-state index contributed by atoms with van der Waals surface area (Å²) < 4.78 is 10.8. The number of hydrogen-bond donors (Lipinski definition) is 1. The number of benzene rings is 3. The monoisotopic (exact) mass is 395 g/mol. The maximum absolute atomic E-state index is 12.2. The van der Waals surface area contributed by atoms with E-state index in [4.69, 9.17) is 21.1 Å². The van der Waals surface area contributed by atoms with E-state index in [0.717, 1.165) is 5.56 Å². The van der Waals surface area contributed by atoms with E-state index in [-0.39, 0.29) is 0 Å². The first kappa shape index (κ1) is 19.5. The Bertz CT molecular complexity index is 989. The summed E-state index contributed by atoms with van der Waals surface area (Å²) in [6.45, 7) is 1.44. The predicted molar refractivity (Wildman–Crippen MR) is 108 cm³/mol. The average Bonchev–Trinajstić information content (AvgIpc) is 2.70. The molecule has 0 bridgehead atoms. The van der Waals surface area contributed by atoms with Crippen molar-refractivity contribution in [2.75, 3.05) is 11.9 Å². The molecule has 1 N–H and O–H groups in total. The molecule has 1 amide bonds. The Hall–Kier alpha value is -3.31. The first-order chi connectivity index (χ1) is 13.5. The van der Waals surface area contributed by atoms with Crippen molar-refractivity contribution in [3.05, 3.63) is 88.9 Å². The number of aryl methyl sites for hydroxylation is 1. The number of amides is 1. The van der Waals surface area contributed by atoms with E-state index >= 15 is 0 Å². The summed E-state index contributed by atoms with van der Waals surface area (Å²) in [5, 5.41) is 3.18. The predicted octanol–water partition coefficient (Wildman–Crippen LogP) is 5.24. The molecule has 0 aromatic heterocycles. The highest BCUT2D eigenvalue weighted by Gasteiger charge is 2.12. The van der Waals surface area contributed by atoms with Crippen LogP contribution in [0.25, 0.3) is 0 Å². The van der Waals surface area contributed by atoms with Gasteiger partial charge in [-0.05, 0) is 55.0 Å². The molecule has 3 aromatic carbocycles. The van der Waals surface area contributed by atoms with Crippen LogP contribution in [0.15, 0.2) is 72.8 Å². The quantitative estimate of drug-likeness (QED) is 0.580. The molecule has 0 atom stereocenters. The number of nitrogens with one attached hydrogen (secondary N) is 1. The maximum atomic E-state index is 12.2. The van der Waals surface area contributed by atoms with E-state index in [2.05, 4.69) is 5.32 Å². The van der Waals surface area contributed by atoms with Crippen LogP contribution in [-0.2, 0) is 9.53 Å². The van der Waals surface area contributed by atoms with Gasteiger partial charge in [0, 0.05) is 10.7 Å². The number of hydrogen-bond acceptors (Lipinski definition) is 4. The van der Waals surface area contributed by atoms with E-state index in [1.165, 1.54) is 0 Å². The summed E-state index contributed by atoms with van der Waals surface area (Å²) in [5.74, 6) is 0.0934. The van der Waals surface area contributed by atoms with Crippen molar-refractivity contribution in [3.8, 4) is 11.5 Å². The van der Waals surface area contributed by atoms with E-state index in [1.54, 1.807) is 42.5 Å². The molecule has 0 saturated carbocycles. The van der Waals surface area contributed by atoms with E-state index in [1.807, 2.05) is 37.3 Å². The molecule has 3 rings (SSSR count). The van der Waals surface area contributed by atoms with Crippen LogP contribution in [0.2, 0.25) is 5.02 Å². The SMILES string of the molecule is Cc1ccc(Cl)cc1NC(=O)COC(=O)c1cccc(Oc2ccccc2)c1. The van der Waals surface area contributed by atoms with Gasteiger partial charge in [-0.15, -0.1) is 0 Å². The molecule has 0 spiro atoms. The Kier molecular flexibility index (Phi) is 6.29. The molecule has 142 valence electrons. The van der Waals surface area contributed by atoms with Gasteiger partial charge in [0.25, 0.3) is 5.91 Å². The lowest BCUT2D eigenvalue weighted by Gasteiger charge is -2.10. The van der Waals surface area contributed by atoms with Crippen molar-refractivity contribution < 1.29 is 19.1 Å². The third-order valence-corrected chi connectivity index (χ3v) is 4.09. The Balaban J connectivity index is 1.58. The zero-order valence-electron chi connectivity index (χ0n) is 15.1. The lowest BCUT2D eigenvalue weighted by molar-refractivity contribution is -0.119. The van der Waals surface area contributed by atoms with Crippen LogP contribution in [0.4, 0.5) is 5.69 Å². The van der Waals surface area contributed by atoms with Crippen molar-refractivity contribution in [2.24, 2.45) is 0 Å². The second kappa shape index (κ2) is 9.06. The second-order valence-corrected chi connectivity index (χ2v) is 6.46. The molecular formula is C22H18ClNO4. The van der Waals surface area contributed by atoms with E-state index < -0.39 is 18.5 Å².